The van der Waals surface area contributed by atoms with Crippen LogP contribution in [-0.2, 0) is 15.1 Å². The molecule has 4 nitrogen and oxygen atoms in total. The zero-order valence-electron chi connectivity index (χ0n) is 12.1. The highest BCUT2D eigenvalue weighted by Gasteiger charge is 2.47. The lowest BCUT2D eigenvalue weighted by Crippen LogP contribution is -2.63. The second-order valence-electron chi connectivity index (χ2n) is 6.06. The predicted molar refractivity (Wildman–Crippen MR) is 75.0 cm³/mol. The molecule has 2 fully saturated rings. The van der Waals surface area contributed by atoms with Crippen LogP contribution in [0.3, 0.4) is 0 Å². The van der Waals surface area contributed by atoms with Gasteiger partial charge in [0.15, 0.2) is 0 Å². The topological polar surface area (TPSA) is 49.8 Å². The fourth-order valence-corrected chi connectivity index (χ4v) is 3.17. The maximum Gasteiger partial charge on any atom is 0.228 e. The van der Waals surface area contributed by atoms with Gasteiger partial charge in [0.1, 0.15) is 11.4 Å². The minimum Gasteiger partial charge on any atom is -0.381 e. The average Bonchev–Trinajstić information content (AvgIpc) is 2.44. The summed E-state index contributed by atoms with van der Waals surface area (Å²) in [5.74, 6) is -0.395. The molecule has 114 valence electrons. The highest BCUT2D eigenvalue weighted by Crippen LogP contribution is 2.34. The SMILES string of the molecule is CC1OCCCC1C(=O)N1CC(O)(c2ccc(F)cc2)C1. The van der Waals surface area contributed by atoms with Crippen LogP contribution in [0.4, 0.5) is 4.39 Å². The Bertz CT molecular complexity index is 525. The maximum absolute atomic E-state index is 12.9. The lowest BCUT2D eigenvalue weighted by molar-refractivity contribution is -0.168. The lowest BCUT2D eigenvalue weighted by atomic mass is 9.84. The van der Waals surface area contributed by atoms with Crippen molar-refractivity contribution >= 4 is 5.91 Å². The van der Waals surface area contributed by atoms with Crippen molar-refractivity contribution in [3.8, 4) is 0 Å². The van der Waals surface area contributed by atoms with Gasteiger partial charge >= 0.3 is 0 Å². The molecule has 0 radical (unpaired) electrons. The van der Waals surface area contributed by atoms with Crippen LogP contribution in [0.2, 0.25) is 0 Å². The first-order valence-electron chi connectivity index (χ1n) is 7.38. The normalized spacial score (nSPS) is 28.0. The molecule has 0 aliphatic carbocycles. The van der Waals surface area contributed by atoms with E-state index in [1.807, 2.05) is 6.92 Å². The largest absolute Gasteiger partial charge is 0.381 e. The third-order valence-corrected chi connectivity index (χ3v) is 4.52. The van der Waals surface area contributed by atoms with Crippen LogP contribution in [-0.4, -0.2) is 41.7 Å². The van der Waals surface area contributed by atoms with Gasteiger partial charge in [0.05, 0.1) is 25.1 Å². The number of carbonyl (C=O) groups excluding carboxylic acids is 1. The summed E-state index contributed by atoms with van der Waals surface area (Å²) in [6.45, 7) is 3.17. The van der Waals surface area contributed by atoms with Crippen molar-refractivity contribution in [1.29, 1.82) is 0 Å². The zero-order chi connectivity index (χ0) is 15.0. The molecular formula is C16H20FNO3. The van der Waals surface area contributed by atoms with Gasteiger partial charge in [-0.2, -0.15) is 0 Å². The quantitative estimate of drug-likeness (QED) is 0.902. The van der Waals surface area contributed by atoms with Crippen molar-refractivity contribution in [3.63, 3.8) is 0 Å². The molecule has 0 aromatic heterocycles. The smallest absolute Gasteiger partial charge is 0.228 e. The number of halogens is 1. The van der Waals surface area contributed by atoms with E-state index in [1.165, 1.54) is 12.1 Å². The van der Waals surface area contributed by atoms with Crippen LogP contribution in [0.1, 0.15) is 25.3 Å². The Labute approximate surface area is 123 Å². The van der Waals surface area contributed by atoms with Gasteiger partial charge in [-0.15, -0.1) is 0 Å². The van der Waals surface area contributed by atoms with Crippen LogP contribution >= 0.6 is 0 Å². The summed E-state index contributed by atoms with van der Waals surface area (Å²) in [7, 11) is 0. The van der Waals surface area contributed by atoms with E-state index in [1.54, 1.807) is 17.0 Å². The van der Waals surface area contributed by atoms with Crippen molar-refractivity contribution in [3.05, 3.63) is 35.6 Å². The Balaban J connectivity index is 1.64. The third-order valence-electron chi connectivity index (χ3n) is 4.52. The molecule has 0 saturated carbocycles. The highest BCUT2D eigenvalue weighted by molar-refractivity contribution is 5.80. The standard InChI is InChI=1S/C16H20FNO3/c1-11-14(3-2-8-21-11)15(19)18-9-16(20,10-18)12-4-6-13(17)7-5-12/h4-7,11,14,20H,2-3,8-10H2,1H3. The molecule has 0 spiro atoms. The van der Waals surface area contributed by atoms with Crippen LogP contribution < -0.4 is 0 Å². The highest BCUT2D eigenvalue weighted by atomic mass is 19.1. The van der Waals surface area contributed by atoms with Gasteiger partial charge in [-0.25, -0.2) is 4.39 Å². The molecule has 2 aliphatic rings. The summed E-state index contributed by atoms with van der Waals surface area (Å²) < 4.78 is 18.5. The molecule has 5 heteroatoms. The number of β-amino-alcohol motifs (C(OH)–C–C–N with tert-alkyl or cyclic N) is 1. The van der Waals surface area contributed by atoms with Gasteiger partial charge in [0.25, 0.3) is 0 Å². The molecule has 1 N–H and O–H groups in total. The molecule has 0 bridgehead atoms. The number of hydrogen-bond acceptors (Lipinski definition) is 3. The summed E-state index contributed by atoms with van der Waals surface area (Å²) in [5, 5.41) is 10.5. The van der Waals surface area contributed by atoms with Crippen molar-refractivity contribution in [1.82, 2.24) is 4.90 Å². The monoisotopic (exact) mass is 293 g/mol. The fourth-order valence-electron chi connectivity index (χ4n) is 3.17. The molecule has 1 aromatic carbocycles. The number of benzene rings is 1. The number of likely N-dealkylation sites (tertiary alicyclic amines) is 1. The van der Waals surface area contributed by atoms with Gasteiger partial charge in [-0.3, -0.25) is 4.79 Å². The van der Waals surface area contributed by atoms with Gasteiger partial charge < -0.3 is 14.7 Å². The average molecular weight is 293 g/mol. The van der Waals surface area contributed by atoms with Gasteiger partial charge in [-0.1, -0.05) is 12.1 Å². The van der Waals surface area contributed by atoms with E-state index < -0.39 is 5.60 Å². The molecule has 3 rings (SSSR count). The molecule has 1 aromatic rings. The third kappa shape index (κ3) is 2.68. The summed E-state index contributed by atoms with van der Waals surface area (Å²) in [6, 6.07) is 5.80. The number of aliphatic hydroxyl groups is 1. The first-order chi connectivity index (χ1) is 9.99. The van der Waals surface area contributed by atoms with E-state index in [-0.39, 0.29) is 36.8 Å². The van der Waals surface area contributed by atoms with Crippen molar-refractivity contribution in [2.45, 2.75) is 31.5 Å². The second kappa shape index (κ2) is 5.39. The molecule has 2 unspecified atom stereocenters. The van der Waals surface area contributed by atoms with E-state index in [2.05, 4.69) is 0 Å². The summed E-state index contributed by atoms with van der Waals surface area (Å²) >= 11 is 0. The summed E-state index contributed by atoms with van der Waals surface area (Å²) in [4.78, 5) is 14.1. The Kier molecular flexibility index (Phi) is 3.71. The number of carbonyl (C=O) groups is 1. The fraction of sp³-hybridized carbons (Fsp3) is 0.562. The lowest BCUT2D eigenvalue weighted by Gasteiger charge is -2.48. The van der Waals surface area contributed by atoms with Crippen molar-refractivity contribution < 1.29 is 19.0 Å². The molecule has 2 atom stereocenters. The number of amides is 1. The van der Waals surface area contributed by atoms with Crippen LogP contribution in [0.5, 0.6) is 0 Å². The Hall–Kier alpha value is -1.46. The van der Waals surface area contributed by atoms with E-state index in [0.29, 0.717) is 12.2 Å². The molecular weight excluding hydrogens is 273 g/mol. The van der Waals surface area contributed by atoms with Gasteiger partial charge in [-0.05, 0) is 37.5 Å². The Morgan fingerprint density at radius 1 is 1.38 bits per heavy atom. The molecule has 1 amide bonds. The van der Waals surface area contributed by atoms with Crippen LogP contribution in [0, 0.1) is 11.7 Å². The summed E-state index contributed by atoms with van der Waals surface area (Å²) in [6.07, 6.45) is 1.67. The van der Waals surface area contributed by atoms with Crippen LogP contribution in [0.15, 0.2) is 24.3 Å². The Morgan fingerprint density at radius 2 is 2.05 bits per heavy atom. The van der Waals surface area contributed by atoms with E-state index >= 15 is 0 Å². The minimum atomic E-state index is -1.05. The van der Waals surface area contributed by atoms with Gasteiger partial charge in [0.2, 0.25) is 5.91 Å². The van der Waals surface area contributed by atoms with E-state index in [4.69, 9.17) is 4.74 Å². The van der Waals surface area contributed by atoms with Crippen LogP contribution in [0.25, 0.3) is 0 Å². The Morgan fingerprint density at radius 3 is 2.67 bits per heavy atom. The van der Waals surface area contributed by atoms with Crippen molar-refractivity contribution in [2.75, 3.05) is 19.7 Å². The predicted octanol–water partition coefficient (Wildman–Crippen LogP) is 1.67. The number of ether oxygens (including phenoxy) is 1. The number of hydrogen-bond donors (Lipinski definition) is 1. The second-order valence-corrected chi connectivity index (χ2v) is 6.06. The van der Waals surface area contributed by atoms with E-state index in [0.717, 1.165) is 12.8 Å². The number of rotatable bonds is 2. The van der Waals surface area contributed by atoms with E-state index in [9.17, 15) is 14.3 Å². The van der Waals surface area contributed by atoms with Gasteiger partial charge in [0, 0.05) is 6.61 Å². The first kappa shape index (κ1) is 14.5. The minimum absolute atomic E-state index is 0.0500. The molecule has 21 heavy (non-hydrogen) atoms. The molecule has 2 aliphatic heterocycles. The summed E-state index contributed by atoms with van der Waals surface area (Å²) in [5.41, 5.74) is -0.400. The maximum atomic E-state index is 12.9. The zero-order valence-corrected chi connectivity index (χ0v) is 12.1. The number of nitrogens with zero attached hydrogens (tertiary/aromatic N) is 1. The first-order valence-corrected chi connectivity index (χ1v) is 7.38. The molecule has 2 heterocycles. The molecule has 2 saturated heterocycles. The van der Waals surface area contributed by atoms with Crippen molar-refractivity contribution in [2.24, 2.45) is 5.92 Å².